The van der Waals surface area contributed by atoms with Crippen molar-refractivity contribution in [3.8, 4) is 5.75 Å². The molecule has 1 rings (SSSR count). The number of halogens is 1. The maximum Gasteiger partial charge on any atom is 0.242 e. The summed E-state index contributed by atoms with van der Waals surface area (Å²) in [4.78, 5) is 13.3. The van der Waals surface area contributed by atoms with E-state index in [4.69, 9.17) is 10.5 Å². The Labute approximate surface area is 107 Å². The van der Waals surface area contributed by atoms with Crippen LogP contribution < -0.4 is 10.5 Å². The lowest BCUT2D eigenvalue weighted by Gasteiger charge is -2.26. The Bertz CT molecular complexity index is 441. The third-order valence-corrected chi connectivity index (χ3v) is 2.53. The molecular weight excluding hydrogens is 235 g/mol. The Hall–Kier alpha value is -1.62. The third kappa shape index (κ3) is 3.43. The largest absolute Gasteiger partial charge is 0.494 e. The van der Waals surface area contributed by atoms with Gasteiger partial charge in [-0.05, 0) is 31.5 Å². The molecule has 0 saturated heterocycles. The lowest BCUT2D eigenvalue weighted by Crippen LogP contribution is -2.49. The number of carbonyl (C=O) groups excluding carboxylic acids is 1. The van der Waals surface area contributed by atoms with Crippen LogP contribution in [0.2, 0.25) is 0 Å². The second kappa shape index (κ2) is 5.35. The van der Waals surface area contributed by atoms with Crippen molar-refractivity contribution in [2.45, 2.75) is 25.9 Å². The molecule has 1 aromatic rings. The van der Waals surface area contributed by atoms with E-state index in [1.54, 1.807) is 27.0 Å². The summed E-state index contributed by atoms with van der Waals surface area (Å²) in [5, 5.41) is 0. The van der Waals surface area contributed by atoms with Crippen molar-refractivity contribution in [2.24, 2.45) is 5.73 Å². The van der Waals surface area contributed by atoms with E-state index < -0.39 is 11.4 Å². The van der Waals surface area contributed by atoms with Crippen molar-refractivity contribution < 1.29 is 13.9 Å². The Morgan fingerprint density at radius 1 is 1.50 bits per heavy atom. The molecule has 1 amide bonds. The monoisotopic (exact) mass is 254 g/mol. The summed E-state index contributed by atoms with van der Waals surface area (Å²) < 4.78 is 18.3. The van der Waals surface area contributed by atoms with Gasteiger partial charge in [0.25, 0.3) is 0 Å². The van der Waals surface area contributed by atoms with E-state index in [9.17, 15) is 9.18 Å². The van der Waals surface area contributed by atoms with Crippen molar-refractivity contribution in [2.75, 3.05) is 14.2 Å². The summed E-state index contributed by atoms with van der Waals surface area (Å²) in [7, 11) is 3.05. The second-order valence-corrected chi connectivity index (χ2v) is 4.85. The maximum atomic E-state index is 13.5. The van der Waals surface area contributed by atoms with Gasteiger partial charge in [-0.2, -0.15) is 0 Å². The highest BCUT2D eigenvalue weighted by Crippen LogP contribution is 2.18. The zero-order chi connectivity index (χ0) is 13.9. The second-order valence-electron chi connectivity index (χ2n) is 4.85. The highest BCUT2D eigenvalue weighted by molar-refractivity contribution is 5.84. The quantitative estimate of drug-likeness (QED) is 0.886. The van der Waals surface area contributed by atoms with Crippen molar-refractivity contribution in [3.63, 3.8) is 0 Å². The molecule has 2 N–H and O–H groups in total. The van der Waals surface area contributed by atoms with E-state index in [-0.39, 0.29) is 11.7 Å². The molecule has 1 aromatic carbocycles. The van der Waals surface area contributed by atoms with Gasteiger partial charge in [-0.15, -0.1) is 0 Å². The number of amides is 1. The average Bonchev–Trinajstić information content (AvgIpc) is 2.27. The van der Waals surface area contributed by atoms with Gasteiger partial charge in [0.1, 0.15) is 0 Å². The van der Waals surface area contributed by atoms with Crippen molar-refractivity contribution in [1.82, 2.24) is 4.90 Å². The highest BCUT2D eigenvalue weighted by Gasteiger charge is 2.25. The fourth-order valence-electron chi connectivity index (χ4n) is 1.65. The molecule has 0 atom stereocenters. The normalized spacial score (nSPS) is 11.2. The van der Waals surface area contributed by atoms with Crippen LogP contribution in [0.15, 0.2) is 18.2 Å². The molecule has 0 heterocycles. The molecule has 0 aliphatic heterocycles. The predicted molar refractivity (Wildman–Crippen MR) is 67.7 cm³/mol. The standard InChI is InChI=1S/C13H19FN2O2/c1-13(2,15)12(17)16(3)8-9-5-6-11(18-4)10(14)7-9/h5-7H,8,15H2,1-4H3. The SMILES string of the molecule is COc1ccc(CN(C)C(=O)C(C)(C)N)cc1F. The van der Waals surface area contributed by atoms with Gasteiger partial charge in [-0.25, -0.2) is 4.39 Å². The first kappa shape index (κ1) is 14.4. The predicted octanol–water partition coefficient (Wildman–Crippen LogP) is 1.53. The van der Waals surface area contributed by atoms with Crippen LogP contribution in [0.4, 0.5) is 4.39 Å². The van der Waals surface area contributed by atoms with Crippen LogP contribution in [0, 0.1) is 5.82 Å². The number of hydrogen-bond donors (Lipinski definition) is 1. The molecule has 0 aromatic heterocycles. The number of nitrogens with zero attached hydrogens (tertiary/aromatic N) is 1. The minimum absolute atomic E-state index is 0.187. The lowest BCUT2D eigenvalue weighted by atomic mass is 10.1. The third-order valence-electron chi connectivity index (χ3n) is 2.53. The first-order valence-electron chi connectivity index (χ1n) is 5.62. The van der Waals surface area contributed by atoms with Crippen LogP contribution in [0.1, 0.15) is 19.4 Å². The van der Waals surface area contributed by atoms with Crippen LogP contribution in [-0.2, 0) is 11.3 Å². The van der Waals surface area contributed by atoms with E-state index in [1.807, 2.05) is 0 Å². The Kier molecular flexibility index (Phi) is 4.29. The number of rotatable bonds is 4. The summed E-state index contributed by atoms with van der Waals surface area (Å²) in [6.45, 7) is 3.58. The van der Waals surface area contributed by atoms with Crippen LogP contribution in [-0.4, -0.2) is 30.5 Å². The molecule has 0 bridgehead atoms. The van der Waals surface area contributed by atoms with Crippen LogP contribution in [0.25, 0.3) is 0 Å². The molecule has 0 unspecified atom stereocenters. The molecule has 0 aliphatic carbocycles. The zero-order valence-corrected chi connectivity index (χ0v) is 11.2. The van der Waals surface area contributed by atoms with Gasteiger partial charge in [-0.1, -0.05) is 6.07 Å². The molecule has 0 saturated carbocycles. The minimum atomic E-state index is -0.931. The van der Waals surface area contributed by atoms with Gasteiger partial charge in [0.05, 0.1) is 12.6 Å². The summed E-state index contributed by atoms with van der Waals surface area (Å²) in [6, 6.07) is 4.61. The summed E-state index contributed by atoms with van der Waals surface area (Å²) in [6.07, 6.45) is 0. The first-order valence-corrected chi connectivity index (χ1v) is 5.62. The van der Waals surface area contributed by atoms with Crippen molar-refractivity contribution in [1.29, 1.82) is 0 Å². The number of benzene rings is 1. The summed E-state index contributed by atoms with van der Waals surface area (Å²) >= 11 is 0. The van der Waals surface area contributed by atoms with E-state index in [1.165, 1.54) is 24.1 Å². The Morgan fingerprint density at radius 3 is 2.56 bits per heavy atom. The van der Waals surface area contributed by atoms with Gasteiger partial charge in [-0.3, -0.25) is 4.79 Å². The topological polar surface area (TPSA) is 55.6 Å². The molecule has 18 heavy (non-hydrogen) atoms. The highest BCUT2D eigenvalue weighted by atomic mass is 19.1. The van der Waals surface area contributed by atoms with Crippen LogP contribution in [0.3, 0.4) is 0 Å². The Morgan fingerprint density at radius 2 is 2.11 bits per heavy atom. The minimum Gasteiger partial charge on any atom is -0.494 e. The smallest absolute Gasteiger partial charge is 0.242 e. The van der Waals surface area contributed by atoms with E-state index >= 15 is 0 Å². The number of hydrogen-bond acceptors (Lipinski definition) is 3. The van der Waals surface area contributed by atoms with Crippen LogP contribution in [0.5, 0.6) is 5.75 Å². The van der Waals surface area contributed by atoms with Crippen molar-refractivity contribution in [3.05, 3.63) is 29.6 Å². The Balaban J connectivity index is 2.80. The zero-order valence-electron chi connectivity index (χ0n) is 11.2. The number of ether oxygens (including phenoxy) is 1. The number of methoxy groups -OCH3 is 1. The van der Waals surface area contributed by atoms with Crippen molar-refractivity contribution >= 4 is 5.91 Å². The molecule has 0 aliphatic rings. The number of carbonyl (C=O) groups is 1. The van der Waals surface area contributed by atoms with Gasteiger partial charge in [0.2, 0.25) is 5.91 Å². The molecule has 0 radical (unpaired) electrons. The maximum absolute atomic E-state index is 13.5. The molecule has 0 fully saturated rings. The van der Waals surface area contributed by atoms with E-state index in [0.29, 0.717) is 12.1 Å². The van der Waals surface area contributed by atoms with Gasteiger partial charge in [0, 0.05) is 13.6 Å². The first-order chi connectivity index (χ1) is 8.25. The lowest BCUT2D eigenvalue weighted by molar-refractivity contribution is -0.135. The number of nitrogens with two attached hydrogens (primary N) is 1. The van der Waals surface area contributed by atoms with E-state index in [2.05, 4.69) is 0 Å². The molecule has 0 spiro atoms. The fraction of sp³-hybridized carbons (Fsp3) is 0.462. The van der Waals surface area contributed by atoms with Crippen LogP contribution >= 0.6 is 0 Å². The summed E-state index contributed by atoms with van der Waals surface area (Å²) in [5.74, 6) is -0.450. The van der Waals surface area contributed by atoms with Gasteiger partial charge in [0.15, 0.2) is 11.6 Å². The molecule has 4 nitrogen and oxygen atoms in total. The summed E-state index contributed by atoms with van der Waals surface area (Å²) in [5.41, 5.74) is 5.48. The molecule has 100 valence electrons. The number of likely N-dealkylation sites (N-methyl/N-ethyl adjacent to an activating group) is 1. The molecular formula is C13H19FN2O2. The average molecular weight is 254 g/mol. The molecule has 5 heteroatoms. The van der Waals surface area contributed by atoms with E-state index in [0.717, 1.165) is 0 Å². The fourth-order valence-corrected chi connectivity index (χ4v) is 1.65. The van der Waals surface area contributed by atoms with Gasteiger partial charge >= 0.3 is 0 Å². The van der Waals surface area contributed by atoms with Gasteiger partial charge < -0.3 is 15.4 Å².